The van der Waals surface area contributed by atoms with Crippen LogP contribution in [-0.4, -0.2) is 15.2 Å². The summed E-state index contributed by atoms with van der Waals surface area (Å²) >= 11 is 0. The monoisotopic (exact) mass is 192 g/mol. The van der Waals surface area contributed by atoms with Gasteiger partial charge in [0, 0.05) is 0 Å². The summed E-state index contributed by atoms with van der Waals surface area (Å²) in [5, 5.41) is 18.7. The van der Waals surface area contributed by atoms with Crippen molar-refractivity contribution in [2.45, 2.75) is 0 Å². The van der Waals surface area contributed by atoms with Gasteiger partial charge in [0.25, 0.3) is 6.01 Å². The van der Waals surface area contributed by atoms with Crippen molar-refractivity contribution >= 4 is 6.01 Å². The lowest BCUT2D eigenvalue weighted by atomic mass is 10.1. The van der Waals surface area contributed by atoms with E-state index in [1.165, 1.54) is 24.4 Å². The number of nitrogen functional groups attached to an aromatic ring is 1. The number of aromatic nitrogens is 1. The number of hydrogen-bond donors (Lipinski definition) is 3. The van der Waals surface area contributed by atoms with E-state index in [-0.39, 0.29) is 17.5 Å². The third-order valence-corrected chi connectivity index (χ3v) is 1.77. The third-order valence-electron chi connectivity index (χ3n) is 1.77. The van der Waals surface area contributed by atoms with E-state index in [0.29, 0.717) is 11.3 Å². The van der Waals surface area contributed by atoms with E-state index >= 15 is 0 Å². The Bertz CT molecular complexity index is 465. The first-order valence-corrected chi connectivity index (χ1v) is 3.90. The van der Waals surface area contributed by atoms with E-state index in [4.69, 9.17) is 10.2 Å². The summed E-state index contributed by atoms with van der Waals surface area (Å²) in [4.78, 5) is 3.68. The Morgan fingerprint density at radius 2 is 2.07 bits per heavy atom. The molecule has 0 unspecified atom stereocenters. The lowest BCUT2D eigenvalue weighted by molar-refractivity contribution is 0.459. The molecule has 4 N–H and O–H groups in total. The van der Waals surface area contributed by atoms with Crippen molar-refractivity contribution in [1.29, 1.82) is 0 Å². The van der Waals surface area contributed by atoms with Gasteiger partial charge in [0.15, 0.2) is 5.76 Å². The Hall–Kier alpha value is -2.17. The van der Waals surface area contributed by atoms with Gasteiger partial charge in [-0.25, -0.2) is 4.98 Å². The SMILES string of the molecule is Nc1ncc(-c2cc(O)ccc2O)o1. The summed E-state index contributed by atoms with van der Waals surface area (Å²) in [6.45, 7) is 0. The highest BCUT2D eigenvalue weighted by molar-refractivity contribution is 5.67. The predicted molar refractivity (Wildman–Crippen MR) is 49.7 cm³/mol. The fraction of sp³-hybridized carbons (Fsp3) is 0. The normalized spacial score (nSPS) is 10.3. The molecule has 2 aromatic rings. The van der Waals surface area contributed by atoms with Gasteiger partial charge in [-0.05, 0) is 18.2 Å². The van der Waals surface area contributed by atoms with Crippen LogP contribution in [0.25, 0.3) is 11.3 Å². The van der Waals surface area contributed by atoms with Crippen molar-refractivity contribution < 1.29 is 14.6 Å². The van der Waals surface area contributed by atoms with E-state index < -0.39 is 0 Å². The second-order valence-electron chi connectivity index (χ2n) is 2.76. The van der Waals surface area contributed by atoms with Crippen LogP contribution < -0.4 is 5.73 Å². The number of phenols is 2. The number of phenolic OH excluding ortho intramolecular Hbond substituents is 2. The highest BCUT2D eigenvalue weighted by atomic mass is 16.4. The molecule has 0 amide bonds. The molecule has 0 fully saturated rings. The van der Waals surface area contributed by atoms with Crippen LogP contribution in [0.15, 0.2) is 28.8 Å². The summed E-state index contributed by atoms with van der Waals surface area (Å²) in [5.74, 6) is 0.350. The summed E-state index contributed by atoms with van der Waals surface area (Å²) in [6, 6.07) is 4.12. The molecular formula is C9H8N2O3. The van der Waals surface area contributed by atoms with Crippen molar-refractivity contribution in [2.24, 2.45) is 0 Å². The van der Waals surface area contributed by atoms with E-state index in [9.17, 15) is 10.2 Å². The first-order chi connectivity index (χ1) is 6.66. The summed E-state index contributed by atoms with van der Waals surface area (Å²) in [5.41, 5.74) is 5.64. The minimum Gasteiger partial charge on any atom is -0.508 e. The van der Waals surface area contributed by atoms with Gasteiger partial charge in [-0.2, -0.15) is 0 Å². The van der Waals surface area contributed by atoms with Gasteiger partial charge in [0.2, 0.25) is 0 Å². The molecule has 0 aliphatic carbocycles. The molecule has 5 heteroatoms. The van der Waals surface area contributed by atoms with Crippen LogP contribution >= 0.6 is 0 Å². The molecule has 2 rings (SSSR count). The molecule has 1 aromatic carbocycles. The molecule has 0 radical (unpaired) electrons. The zero-order valence-electron chi connectivity index (χ0n) is 7.14. The molecule has 0 spiro atoms. The Morgan fingerprint density at radius 3 is 2.71 bits per heavy atom. The smallest absolute Gasteiger partial charge is 0.292 e. The second kappa shape index (κ2) is 2.95. The number of benzene rings is 1. The number of aromatic hydroxyl groups is 2. The molecule has 0 atom stereocenters. The Balaban J connectivity index is 2.55. The average Bonchev–Trinajstić information content (AvgIpc) is 2.56. The third kappa shape index (κ3) is 1.35. The minimum atomic E-state index is -0.000972. The Kier molecular flexibility index (Phi) is 1.78. The largest absolute Gasteiger partial charge is 0.508 e. The van der Waals surface area contributed by atoms with Crippen LogP contribution in [0.3, 0.4) is 0 Å². The van der Waals surface area contributed by atoms with Gasteiger partial charge in [0.1, 0.15) is 11.5 Å². The fourth-order valence-corrected chi connectivity index (χ4v) is 1.13. The first kappa shape index (κ1) is 8.43. The zero-order chi connectivity index (χ0) is 10.1. The molecule has 0 aliphatic heterocycles. The van der Waals surface area contributed by atoms with E-state index in [0.717, 1.165) is 0 Å². The minimum absolute atomic E-state index is 0.000972. The van der Waals surface area contributed by atoms with Crippen molar-refractivity contribution in [3.8, 4) is 22.8 Å². The van der Waals surface area contributed by atoms with Gasteiger partial charge in [-0.3, -0.25) is 0 Å². The van der Waals surface area contributed by atoms with E-state index in [2.05, 4.69) is 4.98 Å². The van der Waals surface area contributed by atoms with Crippen molar-refractivity contribution in [1.82, 2.24) is 4.98 Å². The molecule has 14 heavy (non-hydrogen) atoms. The maximum absolute atomic E-state index is 9.46. The molecule has 0 saturated carbocycles. The summed E-state index contributed by atoms with van der Waals surface area (Å²) < 4.78 is 5.00. The lowest BCUT2D eigenvalue weighted by Gasteiger charge is -2.00. The van der Waals surface area contributed by atoms with Crippen LogP contribution in [0.2, 0.25) is 0 Å². The maximum atomic E-state index is 9.46. The zero-order valence-corrected chi connectivity index (χ0v) is 7.14. The fourth-order valence-electron chi connectivity index (χ4n) is 1.13. The quantitative estimate of drug-likeness (QED) is 0.593. The molecule has 0 saturated heterocycles. The van der Waals surface area contributed by atoms with Crippen molar-refractivity contribution in [3.63, 3.8) is 0 Å². The van der Waals surface area contributed by atoms with Gasteiger partial charge in [-0.15, -0.1) is 0 Å². The van der Waals surface area contributed by atoms with Crippen LogP contribution in [0, 0.1) is 0 Å². The molecule has 0 aliphatic rings. The van der Waals surface area contributed by atoms with Gasteiger partial charge < -0.3 is 20.4 Å². The van der Waals surface area contributed by atoms with Crippen LogP contribution in [0.1, 0.15) is 0 Å². The molecule has 1 heterocycles. The molecule has 72 valence electrons. The highest BCUT2D eigenvalue weighted by Crippen LogP contribution is 2.32. The van der Waals surface area contributed by atoms with Crippen molar-refractivity contribution in [2.75, 3.05) is 5.73 Å². The predicted octanol–water partition coefficient (Wildman–Crippen LogP) is 1.33. The number of nitrogens with zero attached hydrogens (tertiary/aromatic N) is 1. The van der Waals surface area contributed by atoms with Crippen LogP contribution in [-0.2, 0) is 0 Å². The number of nitrogens with two attached hydrogens (primary N) is 1. The molecule has 1 aromatic heterocycles. The Morgan fingerprint density at radius 1 is 1.29 bits per heavy atom. The highest BCUT2D eigenvalue weighted by Gasteiger charge is 2.09. The van der Waals surface area contributed by atoms with Crippen LogP contribution in [0.4, 0.5) is 6.01 Å². The number of oxazole rings is 1. The van der Waals surface area contributed by atoms with Crippen molar-refractivity contribution in [3.05, 3.63) is 24.4 Å². The van der Waals surface area contributed by atoms with Crippen LogP contribution in [0.5, 0.6) is 11.5 Å². The summed E-state index contributed by atoms with van der Waals surface area (Å²) in [6.07, 6.45) is 1.38. The van der Waals surface area contributed by atoms with Gasteiger partial charge >= 0.3 is 0 Å². The molecular weight excluding hydrogens is 184 g/mol. The van der Waals surface area contributed by atoms with E-state index in [1.54, 1.807) is 0 Å². The van der Waals surface area contributed by atoms with Gasteiger partial charge in [-0.1, -0.05) is 0 Å². The molecule has 5 nitrogen and oxygen atoms in total. The number of anilines is 1. The Labute approximate surface area is 79.4 Å². The first-order valence-electron chi connectivity index (χ1n) is 3.90. The maximum Gasteiger partial charge on any atom is 0.292 e. The van der Waals surface area contributed by atoms with E-state index in [1.807, 2.05) is 0 Å². The van der Waals surface area contributed by atoms with Gasteiger partial charge in [0.05, 0.1) is 11.8 Å². The molecule has 0 bridgehead atoms. The topological polar surface area (TPSA) is 92.5 Å². The summed E-state index contributed by atoms with van der Waals surface area (Å²) in [7, 11) is 0. The number of rotatable bonds is 1. The standard InChI is InChI=1S/C9H8N2O3/c10-9-11-4-8(14-9)6-3-5(12)1-2-7(6)13/h1-4,12-13H,(H2,10,11). The lowest BCUT2D eigenvalue weighted by Crippen LogP contribution is -1.80. The second-order valence-corrected chi connectivity index (χ2v) is 2.76. The number of hydrogen-bond acceptors (Lipinski definition) is 5. The average molecular weight is 192 g/mol.